The lowest BCUT2D eigenvalue weighted by Gasteiger charge is -2.04. The standard InChI is InChI=1S/C17H28N2O2/c1-14-12-16(20)13-15(19-14)10-8-6-4-2-3-5-7-9-11-17(18)21/h12-13H,2-11H2,1H3,(H2,18,21)(H,19,20). The minimum Gasteiger partial charge on any atom is -0.370 e. The van der Waals surface area contributed by atoms with Gasteiger partial charge in [0.1, 0.15) is 0 Å². The molecule has 0 atom stereocenters. The van der Waals surface area contributed by atoms with E-state index in [0.717, 1.165) is 37.1 Å². The molecule has 4 heteroatoms. The lowest BCUT2D eigenvalue weighted by Crippen LogP contribution is -2.09. The summed E-state index contributed by atoms with van der Waals surface area (Å²) in [4.78, 5) is 25.2. The molecule has 0 aliphatic carbocycles. The van der Waals surface area contributed by atoms with Gasteiger partial charge in [-0.3, -0.25) is 9.59 Å². The Bertz CT molecular complexity index is 480. The molecule has 0 radical (unpaired) electrons. The van der Waals surface area contributed by atoms with Gasteiger partial charge in [-0.2, -0.15) is 0 Å². The molecule has 0 saturated carbocycles. The second-order valence-electron chi connectivity index (χ2n) is 5.82. The number of pyridine rings is 1. The zero-order valence-corrected chi connectivity index (χ0v) is 13.1. The Hall–Kier alpha value is -1.58. The Kier molecular flexibility index (Phi) is 8.48. The molecular formula is C17H28N2O2. The molecule has 3 N–H and O–H groups in total. The lowest BCUT2D eigenvalue weighted by atomic mass is 10.1. The van der Waals surface area contributed by atoms with E-state index < -0.39 is 0 Å². The molecule has 0 bridgehead atoms. The van der Waals surface area contributed by atoms with E-state index >= 15 is 0 Å². The number of aryl methyl sites for hydroxylation is 2. The van der Waals surface area contributed by atoms with Gasteiger partial charge in [0.25, 0.3) is 0 Å². The number of carbonyl (C=O) groups excluding carboxylic acids is 1. The average Bonchev–Trinajstić information content (AvgIpc) is 2.39. The summed E-state index contributed by atoms with van der Waals surface area (Å²) in [6.07, 6.45) is 10.8. The summed E-state index contributed by atoms with van der Waals surface area (Å²) in [6, 6.07) is 3.33. The molecule has 1 amide bonds. The Morgan fingerprint density at radius 3 is 2.14 bits per heavy atom. The lowest BCUT2D eigenvalue weighted by molar-refractivity contribution is -0.118. The van der Waals surface area contributed by atoms with Crippen LogP contribution in [0.2, 0.25) is 0 Å². The molecule has 0 aliphatic rings. The normalized spacial score (nSPS) is 10.7. The largest absolute Gasteiger partial charge is 0.370 e. The number of H-pyrrole nitrogens is 1. The average molecular weight is 292 g/mol. The maximum atomic E-state index is 11.4. The number of amides is 1. The summed E-state index contributed by atoms with van der Waals surface area (Å²) in [7, 11) is 0. The molecule has 21 heavy (non-hydrogen) atoms. The highest BCUT2D eigenvalue weighted by Gasteiger charge is 1.98. The molecule has 0 aromatic carbocycles. The van der Waals surface area contributed by atoms with Crippen LogP contribution in [0.5, 0.6) is 0 Å². The van der Waals surface area contributed by atoms with Crippen LogP contribution < -0.4 is 11.2 Å². The van der Waals surface area contributed by atoms with Crippen molar-refractivity contribution in [3.63, 3.8) is 0 Å². The maximum absolute atomic E-state index is 11.4. The Balaban J connectivity index is 1.97. The summed E-state index contributed by atoms with van der Waals surface area (Å²) in [5.41, 5.74) is 7.17. The minimum atomic E-state index is -0.191. The van der Waals surface area contributed by atoms with Crippen LogP contribution in [0.3, 0.4) is 0 Å². The number of primary amides is 1. The van der Waals surface area contributed by atoms with Crippen molar-refractivity contribution in [2.75, 3.05) is 0 Å². The number of rotatable bonds is 11. The molecule has 0 spiro atoms. The van der Waals surface area contributed by atoms with Gasteiger partial charge in [0.15, 0.2) is 5.43 Å². The van der Waals surface area contributed by atoms with Crippen molar-refractivity contribution >= 4 is 5.91 Å². The fourth-order valence-corrected chi connectivity index (χ4v) is 2.56. The van der Waals surface area contributed by atoms with Crippen LogP contribution in [-0.2, 0) is 11.2 Å². The smallest absolute Gasteiger partial charge is 0.217 e. The van der Waals surface area contributed by atoms with Crippen LogP contribution in [0.15, 0.2) is 16.9 Å². The third-order valence-corrected chi connectivity index (χ3v) is 3.65. The first-order valence-corrected chi connectivity index (χ1v) is 8.06. The molecule has 1 rings (SSSR count). The molecular weight excluding hydrogens is 264 g/mol. The van der Waals surface area contributed by atoms with Crippen LogP contribution in [-0.4, -0.2) is 10.9 Å². The second-order valence-corrected chi connectivity index (χ2v) is 5.82. The summed E-state index contributed by atoms with van der Waals surface area (Å²) < 4.78 is 0. The Labute approximate surface area is 127 Å². The number of unbranched alkanes of at least 4 members (excludes halogenated alkanes) is 7. The molecule has 0 unspecified atom stereocenters. The zero-order valence-electron chi connectivity index (χ0n) is 13.1. The van der Waals surface area contributed by atoms with E-state index in [2.05, 4.69) is 4.98 Å². The monoisotopic (exact) mass is 292 g/mol. The second kappa shape index (κ2) is 10.2. The zero-order chi connectivity index (χ0) is 15.5. The fraction of sp³-hybridized carbons (Fsp3) is 0.647. The van der Waals surface area contributed by atoms with Crippen LogP contribution in [0.1, 0.15) is 69.2 Å². The maximum Gasteiger partial charge on any atom is 0.217 e. The predicted molar refractivity (Wildman–Crippen MR) is 86.3 cm³/mol. The van der Waals surface area contributed by atoms with Crippen LogP contribution >= 0.6 is 0 Å². The highest BCUT2D eigenvalue weighted by Crippen LogP contribution is 2.11. The Morgan fingerprint density at radius 1 is 1.00 bits per heavy atom. The third kappa shape index (κ3) is 9.05. The Morgan fingerprint density at radius 2 is 1.57 bits per heavy atom. The summed E-state index contributed by atoms with van der Waals surface area (Å²) in [5.74, 6) is -0.191. The van der Waals surface area contributed by atoms with Gasteiger partial charge in [0.2, 0.25) is 5.91 Å². The highest BCUT2D eigenvalue weighted by atomic mass is 16.1. The molecule has 0 saturated heterocycles. The number of aromatic nitrogens is 1. The van der Waals surface area contributed by atoms with Crippen molar-refractivity contribution in [3.05, 3.63) is 33.7 Å². The number of carbonyl (C=O) groups is 1. The van der Waals surface area contributed by atoms with E-state index in [1.165, 1.54) is 32.1 Å². The SMILES string of the molecule is Cc1cc(=O)cc(CCCCCCCCCCC(N)=O)[nH]1. The first-order valence-electron chi connectivity index (χ1n) is 8.06. The third-order valence-electron chi connectivity index (χ3n) is 3.65. The number of nitrogens with one attached hydrogen (secondary N) is 1. The molecule has 1 aromatic rings. The first kappa shape index (κ1) is 17.5. The summed E-state index contributed by atoms with van der Waals surface area (Å²) in [6.45, 7) is 1.92. The van der Waals surface area contributed by atoms with E-state index in [-0.39, 0.29) is 11.3 Å². The highest BCUT2D eigenvalue weighted by molar-refractivity contribution is 5.73. The fourth-order valence-electron chi connectivity index (χ4n) is 2.56. The molecule has 4 nitrogen and oxygen atoms in total. The van der Waals surface area contributed by atoms with Gasteiger partial charge in [-0.15, -0.1) is 0 Å². The van der Waals surface area contributed by atoms with Gasteiger partial charge in [-0.05, 0) is 26.2 Å². The van der Waals surface area contributed by atoms with Crippen molar-refractivity contribution in [1.82, 2.24) is 4.98 Å². The molecule has 0 fully saturated rings. The van der Waals surface area contributed by atoms with Gasteiger partial charge >= 0.3 is 0 Å². The number of aromatic amines is 1. The van der Waals surface area contributed by atoms with Crippen molar-refractivity contribution < 1.29 is 4.79 Å². The van der Waals surface area contributed by atoms with E-state index in [0.29, 0.717) is 6.42 Å². The topological polar surface area (TPSA) is 76.0 Å². The van der Waals surface area contributed by atoms with Crippen LogP contribution in [0.4, 0.5) is 0 Å². The first-order chi connectivity index (χ1) is 10.1. The number of hydrogen-bond donors (Lipinski definition) is 2. The molecule has 1 heterocycles. The summed E-state index contributed by atoms with van der Waals surface area (Å²) >= 11 is 0. The predicted octanol–water partition coefficient (Wildman–Crippen LogP) is 3.22. The van der Waals surface area contributed by atoms with Gasteiger partial charge in [0.05, 0.1) is 0 Å². The van der Waals surface area contributed by atoms with Gasteiger partial charge in [-0.1, -0.05) is 38.5 Å². The number of hydrogen-bond acceptors (Lipinski definition) is 2. The van der Waals surface area contributed by atoms with E-state index in [1.54, 1.807) is 12.1 Å². The van der Waals surface area contributed by atoms with Crippen molar-refractivity contribution in [1.29, 1.82) is 0 Å². The summed E-state index contributed by atoms with van der Waals surface area (Å²) in [5, 5.41) is 0. The molecule has 1 aromatic heterocycles. The van der Waals surface area contributed by atoms with Crippen molar-refractivity contribution in [2.45, 2.75) is 71.1 Å². The van der Waals surface area contributed by atoms with Gasteiger partial charge in [0, 0.05) is 29.9 Å². The quantitative estimate of drug-likeness (QED) is 0.614. The number of nitrogens with two attached hydrogens (primary N) is 1. The minimum absolute atomic E-state index is 0.0946. The van der Waals surface area contributed by atoms with E-state index in [4.69, 9.17) is 5.73 Å². The van der Waals surface area contributed by atoms with Crippen LogP contribution in [0.25, 0.3) is 0 Å². The molecule has 0 aliphatic heterocycles. The molecule has 118 valence electrons. The van der Waals surface area contributed by atoms with Crippen molar-refractivity contribution in [2.24, 2.45) is 5.73 Å². The van der Waals surface area contributed by atoms with Gasteiger partial charge in [-0.25, -0.2) is 0 Å². The van der Waals surface area contributed by atoms with E-state index in [1.807, 2.05) is 6.92 Å². The van der Waals surface area contributed by atoms with Gasteiger partial charge < -0.3 is 10.7 Å². The van der Waals surface area contributed by atoms with E-state index in [9.17, 15) is 9.59 Å². The van der Waals surface area contributed by atoms with Crippen LogP contribution in [0, 0.1) is 6.92 Å². The van der Waals surface area contributed by atoms with Crippen molar-refractivity contribution in [3.8, 4) is 0 Å².